The van der Waals surface area contributed by atoms with Crippen LogP contribution in [0, 0.1) is 5.82 Å². The third-order valence-corrected chi connectivity index (χ3v) is 3.81. The minimum atomic E-state index is -0.633. The Morgan fingerprint density at radius 1 is 1.19 bits per heavy atom. The SMILES string of the molecule is O=C1CN(C(=O)c2cccc(Br)c2F)c2ccccc2N1. The molecule has 0 fully saturated rings. The number of nitrogens with one attached hydrogen (secondary N) is 1. The minimum Gasteiger partial charge on any atom is -0.323 e. The Hall–Kier alpha value is -2.21. The van der Waals surface area contributed by atoms with E-state index in [9.17, 15) is 14.0 Å². The number of halogens is 2. The predicted molar refractivity (Wildman–Crippen MR) is 80.8 cm³/mol. The molecule has 1 aliphatic rings. The highest BCUT2D eigenvalue weighted by molar-refractivity contribution is 9.10. The second kappa shape index (κ2) is 5.29. The van der Waals surface area contributed by atoms with Gasteiger partial charge in [0.05, 0.1) is 21.4 Å². The van der Waals surface area contributed by atoms with Crippen LogP contribution in [-0.2, 0) is 4.79 Å². The number of rotatable bonds is 1. The highest BCUT2D eigenvalue weighted by Crippen LogP contribution is 2.31. The Balaban J connectivity index is 2.06. The first-order valence-electron chi connectivity index (χ1n) is 6.22. The summed E-state index contributed by atoms with van der Waals surface area (Å²) in [5.41, 5.74) is 1.02. The third kappa shape index (κ3) is 2.42. The van der Waals surface area contributed by atoms with Crippen molar-refractivity contribution in [3.8, 4) is 0 Å². The van der Waals surface area contributed by atoms with Gasteiger partial charge in [-0.3, -0.25) is 14.5 Å². The van der Waals surface area contributed by atoms with Crippen LogP contribution in [0.4, 0.5) is 15.8 Å². The molecule has 2 aromatic rings. The van der Waals surface area contributed by atoms with Gasteiger partial charge in [-0.15, -0.1) is 0 Å². The van der Waals surface area contributed by atoms with Crippen molar-refractivity contribution in [2.75, 3.05) is 16.8 Å². The molecule has 21 heavy (non-hydrogen) atoms. The molecule has 3 rings (SSSR count). The van der Waals surface area contributed by atoms with Crippen molar-refractivity contribution in [3.63, 3.8) is 0 Å². The zero-order chi connectivity index (χ0) is 15.0. The molecule has 4 nitrogen and oxygen atoms in total. The average Bonchev–Trinajstić information content (AvgIpc) is 2.48. The van der Waals surface area contributed by atoms with E-state index in [1.165, 1.54) is 17.0 Å². The van der Waals surface area contributed by atoms with Crippen LogP contribution in [0.3, 0.4) is 0 Å². The van der Waals surface area contributed by atoms with E-state index < -0.39 is 11.7 Å². The maximum absolute atomic E-state index is 14.1. The summed E-state index contributed by atoms with van der Waals surface area (Å²) < 4.78 is 14.3. The number of carbonyl (C=O) groups is 2. The van der Waals surface area contributed by atoms with E-state index >= 15 is 0 Å². The van der Waals surface area contributed by atoms with Crippen LogP contribution in [0.5, 0.6) is 0 Å². The number of fused-ring (bicyclic) bond motifs is 1. The Morgan fingerprint density at radius 2 is 1.95 bits per heavy atom. The molecule has 1 aliphatic heterocycles. The maximum Gasteiger partial charge on any atom is 0.261 e. The molecule has 2 amide bonds. The molecule has 0 spiro atoms. The van der Waals surface area contributed by atoms with Gasteiger partial charge in [0.1, 0.15) is 12.4 Å². The number of benzene rings is 2. The quantitative estimate of drug-likeness (QED) is 0.860. The molecule has 0 bridgehead atoms. The summed E-state index contributed by atoms with van der Waals surface area (Å²) in [5.74, 6) is -1.49. The van der Waals surface area contributed by atoms with Crippen LogP contribution < -0.4 is 10.2 Å². The van der Waals surface area contributed by atoms with Gasteiger partial charge in [0.15, 0.2) is 0 Å². The first-order chi connectivity index (χ1) is 10.1. The molecule has 0 radical (unpaired) electrons. The summed E-state index contributed by atoms with van der Waals surface area (Å²) in [6, 6.07) is 11.4. The largest absolute Gasteiger partial charge is 0.323 e. The minimum absolute atomic E-state index is 0.0751. The summed E-state index contributed by atoms with van der Waals surface area (Å²) >= 11 is 3.06. The highest BCUT2D eigenvalue weighted by atomic mass is 79.9. The summed E-state index contributed by atoms with van der Waals surface area (Å²) in [6.45, 7) is -0.137. The normalized spacial score (nSPS) is 13.6. The molecule has 0 aliphatic carbocycles. The summed E-state index contributed by atoms with van der Waals surface area (Å²) in [4.78, 5) is 25.6. The zero-order valence-corrected chi connectivity index (χ0v) is 12.4. The molecule has 0 saturated carbocycles. The van der Waals surface area contributed by atoms with Gasteiger partial charge >= 0.3 is 0 Å². The fourth-order valence-corrected chi connectivity index (χ4v) is 2.59. The fourth-order valence-electron chi connectivity index (χ4n) is 2.23. The Morgan fingerprint density at radius 3 is 2.76 bits per heavy atom. The number of nitrogens with zero attached hydrogens (tertiary/aromatic N) is 1. The van der Waals surface area contributed by atoms with Crippen molar-refractivity contribution in [1.82, 2.24) is 0 Å². The van der Waals surface area contributed by atoms with Crippen molar-refractivity contribution in [2.24, 2.45) is 0 Å². The number of carbonyl (C=O) groups excluding carboxylic acids is 2. The second-order valence-corrected chi connectivity index (χ2v) is 5.41. The second-order valence-electron chi connectivity index (χ2n) is 4.56. The standard InChI is InChI=1S/C15H10BrFN2O2/c16-10-5-3-4-9(14(10)17)15(21)19-8-13(20)18-11-6-1-2-7-12(11)19/h1-7H,8H2,(H,18,20). The van der Waals surface area contributed by atoms with Crippen LogP contribution in [0.1, 0.15) is 10.4 Å². The van der Waals surface area contributed by atoms with E-state index in [2.05, 4.69) is 21.2 Å². The van der Waals surface area contributed by atoms with E-state index in [4.69, 9.17) is 0 Å². The summed E-state index contributed by atoms with van der Waals surface area (Å²) in [5, 5.41) is 2.69. The summed E-state index contributed by atoms with van der Waals surface area (Å²) in [6.07, 6.45) is 0. The Bertz CT molecular complexity index is 748. The average molecular weight is 349 g/mol. The lowest BCUT2D eigenvalue weighted by Crippen LogP contribution is -2.42. The van der Waals surface area contributed by atoms with Crippen LogP contribution in [0.2, 0.25) is 0 Å². The van der Waals surface area contributed by atoms with Crippen molar-refractivity contribution in [2.45, 2.75) is 0 Å². The zero-order valence-electron chi connectivity index (χ0n) is 10.8. The highest BCUT2D eigenvalue weighted by Gasteiger charge is 2.29. The van der Waals surface area contributed by atoms with Gasteiger partial charge in [0.2, 0.25) is 5.91 Å². The lowest BCUT2D eigenvalue weighted by atomic mass is 10.1. The first-order valence-corrected chi connectivity index (χ1v) is 7.02. The molecule has 6 heteroatoms. The molecule has 2 aromatic carbocycles. The van der Waals surface area contributed by atoms with Gasteiger partial charge in [-0.05, 0) is 40.2 Å². The molecule has 1 N–H and O–H groups in total. The fraction of sp³-hybridized carbons (Fsp3) is 0.0667. The van der Waals surface area contributed by atoms with Crippen molar-refractivity contribution >= 4 is 39.1 Å². The van der Waals surface area contributed by atoms with Gasteiger partial charge in [-0.25, -0.2) is 4.39 Å². The third-order valence-electron chi connectivity index (χ3n) is 3.20. The van der Waals surface area contributed by atoms with Gasteiger partial charge in [0.25, 0.3) is 5.91 Å². The molecule has 1 heterocycles. The van der Waals surface area contributed by atoms with Crippen molar-refractivity contribution < 1.29 is 14.0 Å². The molecule has 0 aromatic heterocycles. The van der Waals surface area contributed by atoms with E-state index in [0.29, 0.717) is 11.4 Å². The van der Waals surface area contributed by atoms with Gasteiger partial charge in [-0.1, -0.05) is 18.2 Å². The number of anilines is 2. The molecule has 106 valence electrons. The lowest BCUT2D eigenvalue weighted by Gasteiger charge is -2.29. The number of hydrogen-bond acceptors (Lipinski definition) is 2. The molecule has 0 unspecified atom stereocenters. The van der Waals surface area contributed by atoms with Crippen molar-refractivity contribution in [3.05, 3.63) is 58.3 Å². The monoisotopic (exact) mass is 348 g/mol. The van der Waals surface area contributed by atoms with Crippen LogP contribution in [0.25, 0.3) is 0 Å². The topological polar surface area (TPSA) is 49.4 Å². The van der Waals surface area contributed by atoms with Gasteiger partial charge in [-0.2, -0.15) is 0 Å². The first kappa shape index (κ1) is 13.8. The van der Waals surface area contributed by atoms with Crippen LogP contribution in [0.15, 0.2) is 46.9 Å². The van der Waals surface area contributed by atoms with E-state index in [1.807, 2.05) is 0 Å². The maximum atomic E-state index is 14.1. The molecular formula is C15H10BrFN2O2. The van der Waals surface area contributed by atoms with Crippen molar-refractivity contribution in [1.29, 1.82) is 0 Å². The van der Waals surface area contributed by atoms with E-state index in [0.717, 1.165) is 0 Å². The van der Waals surface area contributed by atoms with Crippen LogP contribution in [-0.4, -0.2) is 18.4 Å². The number of amides is 2. The van der Waals surface area contributed by atoms with E-state index in [-0.39, 0.29) is 22.5 Å². The number of para-hydroxylation sites is 2. The molecular weight excluding hydrogens is 339 g/mol. The Labute approximate surface area is 128 Å². The lowest BCUT2D eigenvalue weighted by molar-refractivity contribution is -0.115. The van der Waals surface area contributed by atoms with Gasteiger partial charge in [0, 0.05) is 0 Å². The Kier molecular flexibility index (Phi) is 3.47. The molecule has 0 atom stereocenters. The summed E-state index contributed by atoms with van der Waals surface area (Å²) in [7, 11) is 0. The molecule has 0 saturated heterocycles. The van der Waals surface area contributed by atoms with Gasteiger partial charge < -0.3 is 5.32 Å². The number of hydrogen-bond donors (Lipinski definition) is 1. The van der Waals surface area contributed by atoms with E-state index in [1.54, 1.807) is 30.3 Å². The predicted octanol–water partition coefficient (Wildman–Crippen LogP) is 3.19. The van der Waals surface area contributed by atoms with Crippen LogP contribution >= 0.6 is 15.9 Å². The smallest absolute Gasteiger partial charge is 0.261 e.